The predicted molar refractivity (Wildman–Crippen MR) is 232 cm³/mol. The van der Waals surface area contributed by atoms with Gasteiger partial charge in [-0.25, -0.2) is 8.42 Å². The molecule has 4 rings (SSSR count). The summed E-state index contributed by atoms with van der Waals surface area (Å²) in [5.74, 6) is 0.150. The van der Waals surface area contributed by atoms with Gasteiger partial charge in [0.2, 0.25) is 0 Å². The van der Waals surface area contributed by atoms with Gasteiger partial charge in [0.1, 0.15) is 38.0 Å². The quantitative estimate of drug-likeness (QED) is 0.0351. The molecule has 59 heavy (non-hydrogen) atoms. The summed E-state index contributed by atoms with van der Waals surface area (Å²) in [5.41, 5.74) is 0.851. The number of phenols is 1. The van der Waals surface area contributed by atoms with Crippen molar-refractivity contribution in [2.24, 2.45) is 0 Å². The zero-order valence-corrected chi connectivity index (χ0v) is 38.8. The largest absolute Gasteiger partial charge is 2.00 e. The van der Waals surface area contributed by atoms with Gasteiger partial charge in [0.05, 0.1) is 4.90 Å². The fraction of sp³-hybridized carbons (Fsp3) is 0.478. The van der Waals surface area contributed by atoms with Crippen molar-refractivity contribution in [1.29, 1.82) is 0 Å². The molecule has 0 aromatic heterocycles. The van der Waals surface area contributed by atoms with E-state index in [1.54, 1.807) is 54.6 Å². The predicted octanol–water partition coefficient (Wildman–Crippen LogP) is 11.7. The number of ether oxygens (including phenoxy) is 2. The fourth-order valence-electron chi connectivity index (χ4n) is 6.61. The van der Waals surface area contributed by atoms with Crippen LogP contribution in [0.2, 0.25) is 0 Å². The molecular formula is C46H62CaO10S2. The molecule has 0 saturated carbocycles. The maximum absolute atomic E-state index is 12.4. The van der Waals surface area contributed by atoms with Crippen molar-refractivity contribution in [3.05, 3.63) is 96.1 Å². The smallest absolute Gasteiger partial charge is 0.872 e. The number of aryl methyl sites for hydroxylation is 2. The summed E-state index contributed by atoms with van der Waals surface area (Å²) in [5, 5.41) is 22.7. The van der Waals surface area contributed by atoms with E-state index in [9.17, 15) is 36.2 Å². The van der Waals surface area contributed by atoms with Crippen LogP contribution in [0.1, 0.15) is 141 Å². The Balaban J connectivity index is 0.000000400. The number of phenolic OH excluding ortho intramolecular Hbond substituents is 1. The molecule has 0 spiro atoms. The Morgan fingerprint density at radius 1 is 0.525 bits per heavy atom. The van der Waals surface area contributed by atoms with Crippen molar-refractivity contribution in [1.82, 2.24) is 0 Å². The topological polar surface area (TPSA) is 173 Å². The van der Waals surface area contributed by atoms with E-state index >= 15 is 0 Å². The maximum Gasteiger partial charge on any atom is 2.00 e. The Kier molecular flexibility index (Phi) is 25.4. The van der Waals surface area contributed by atoms with Crippen molar-refractivity contribution >= 4 is 58.0 Å². The molecule has 0 bridgehead atoms. The molecule has 0 fully saturated rings. The number of hydrogen-bond donors (Lipinski definition) is 2. The van der Waals surface area contributed by atoms with E-state index in [-0.39, 0.29) is 65.6 Å². The van der Waals surface area contributed by atoms with E-state index in [2.05, 4.69) is 13.8 Å². The molecule has 2 N–H and O–H groups in total. The van der Waals surface area contributed by atoms with Crippen LogP contribution >= 0.6 is 0 Å². The van der Waals surface area contributed by atoms with Gasteiger partial charge in [-0.3, -0.25) is 4.55 Å². The second-order valence-corrected chi connectivity index (χ2v) is 17.5. The summed E-state index contributed by atoms with van der Waals surface area (Å²) in [4.78, 5) is -0.808. The van der Waals surface area contributed by atoms with Crippen LogP contribution in [-0.4, -0.2) is 68.8 Å². The van der Waals surface area contributed by atoms with Gasteiger partial charge < -0.3 is 24.2 Å². The van der Waals surface area contributed by atoms with Crippen molar-refractivity contribution in [3.63, 3.8) is 0 Å². The van der Waals surface area contributed by atoms with Crippen LogP contribution in [0.15, 0.2) is 94.7 Å². The third-order valence-electron chi connectivity index (χ3n) is 9.86. The molecule has 0 aliphatic rings. The Bertz CT molecular complexity index is 1850. The molecule has 4 aromatic rings. The summed E-state index contributed by atoms with van der Waals surface area (Å²) < 4.78 is 79.4. The molecule has 0 saturated heterocycles. The van der Waals surface area contributed by atoms with E-state index < -0.39 is 25.1 Å². The van der Waals surface area contributed by atoms with E-state index in [1.807, 2.05) is 6.07 Å². The molecule has 4 aromatic carbocycles. The first-order valence-corrected chi connectivity index (χ1v) is 23.8. The van der Waals surface area contributed by atoms with Crippen LogP contribution in [0.5, 0.6) is 34.5 Å². The molecule has 0 heterocycles. The maximum atomic E-state index is 12.4. The van der Waals surface area contributed by atoms with Crippen molar-refractivity contribution in [2.75, 3.05) is 0 Å². The fourth-order valence-corrected chi connectivity index (χ4v) is 7.89. The second-order valence-electron chi connectivity index (χ2n) is 14.8. The number of benzene rings is 4. The molecule has 0 amide bonds. The number of rotatable bonds is 26. The van der Waals surface area contributed by atoms with Crippen molar-refractivity contribution < 1.29 is 45.6 Å². The van der Waals surface area contributed by atoms with E-state index in [4.69, 9.17) is 9.47 Å². The van der Waals surface area contributed by atoms with Crippen LogP contribution in [0.25, 0.3) is 0 Å². The zero-order valence-electron chi connectivity index (χ0n) is 34.9. The van der Waals surface area contributed by atoms with Gasteiger partial charge in [-0.2, -0.15) is 8.42 Å². The van der Waals surface area contributed by atoms with Gasteiger partial charge in [-0.15, -0.1) is 5.75 Å². The Labute approximate surface area is 383 Å². The number of aromatic hydroxyl groups is 1. The van der Waals surface area contributed by atoms with Crippen molar-refractivity contribution in [2.45, 2.75) is 152 Å². The van der Waals surface area contributed by atoms with Crippen LogP contribution in [0.3, 0.4) is 0 Å². The standard InChI is InChI=1S/2C23H32O5S.Ca/c2*1-2-3-4-5-6-7-8-9-11-14-19-17-23(29(25,26)27)22(18-21(19)24)28-20-15-12-10-13-16-20;/h2*10,12-13,15-18,24H,2-9,11,14H2,1H3,(H,25,26,27);/q;;+2/p-2. The first kappa shape index (κ1) is 52.3. The number of unbranched alkanes of at least 4 members (excludes halogenated alkanes) is 16. The molecule has 0 radical (unpaired) electrons. The minimum absolute atomic E-state index is 0. The third kappa shape index (κ3) is 20.5. The van der Waals surface area contributed by atoms with Gasteiger partial charge in [0, 0.05) is 6.07 Å². The van der Waals surface area contributed by atoms with E-state index in [0.29, 0.717) is 35.5 Å². The Morgan fingerprint density at radius 3 is 1.31 bits per heavy atom. The average molecular weight is 879 g/mol. The van der Waals surface area contributed by atoms with Gasteiger partial charge in [-0.1, -0.05) is 159 Å². The summed E-state index contributed by atoms with van der Waals surface area (Å²) in [6, 6.07) is 22.0. The summed E-state index contributed by atoms with van der Waals surface area (Å²) >= 11 is 0. The van der Waals surface area contributed by atoms with Gasteiger partial charge in [0.25, 0.3) is 10.1 Å². The second kappa shape index (κ2) is 28.6. The molecule has 0 aliphatic heterocycles. The van der Waals surface area contributed by atoms with Gasteiger partial charge in [0.15, 0.2) is 5.75 Å². The molecule has 10 nitrogen and oxygen atoms in total. The van der Waals surface area contributed by atoms with Crippen molar-refractivity contribution in [3.8, 4) is 34.5 Å². The summed E-state index contributed by atoms with van der Waals surface area (Å²) in [7, 11) is -9.24. The number of para-hydroxylation sites is 2. The summed E-state index contributed by atoms with van der Waals surface area (Å²) in [6.45, 7) is 4.41. The van der Waals surface area contributed by atoms with Gasteiger partial charge in [-0.05, 0) is 73.7 Å². The van der Waals surface area contributed by atoms with Crippen LogP contribution in [0.4, 0.5) is 0 Å². The molecular weight excluding hydrogens is 817 g/mol. The first-order valence-electron chi connectivity index (χ1n) is 20.9. The van der Waals surface area contributed by atoms with Gasteiger partial charge >= 0.3 is 37.7 Å². The molecule has 0 unspecified atom stereocenters. The van der Waals surface area contributed by atoms with Crippen LogP contribution in [0, 0.1) is 0 Å². The Morgan fingerprint density at radius 2 is 0.898 bits per heavy atom. The minimum Gasteiger partial charge on any atom is -0.872 e. The third-order valence-corrected chi connectivity index (χ3v) is 11.6. The van der Waals surface area contributed by atoms with Crippen LogP contribution < -0.4 is 14.6 Å². The van der Waals surface area contributed by atoms with E-state index in [1.165, 1.54) is 95.2 Å². The summed E-state index contributed by atoms with van der Waals surface area (Å²) in [6.07, 6.45) is 22.0. The monoisotopic (exact) mass is 878 g/mol. The van der Waals surface area contributed by atoms with Crippen LogP contribution in [-0.2, 0) is 33.1 Å². The minimum atomic E-state index is -4.76. The molecule has 320 valence electrons. The number of hydrogen-bond acceptors (Lipinski definition) is 9. The molecule has 0 atom stereocenters. The zero-order chi connectivity index (χ0) is 42.2. The van der Waals surface area contributed by atoms with E-state index in [0.717, 1.165) is 44.6 Å². The molecule has 0 aliphatic carbocycles. The first-order chi connectivity index (χ1) is 27.8. The average Bonchev–Trinajstić information content (AvgIpc) is 3.18. The Hall–Kier alpha value is -2.84. The molecule has 13 heteroatoms. The normalized spacial score (nSPS) is 11.3. The SMILES string of the molecule is CCCCCCCCCCCc1cc(S(=O)(=O)O)c(Oc2ccccc2)cc1O.CCCCCCCCCCCc1cc(S(=O)(=O)[O-])c(Oc2ccccc2)cc1[O-].[Ca+2].